The van der Waals surface area contributed by atoms with Gasteiger partial charge in [-0.1, -0.05) is 0 Å². The molecule has 1 fully saturated rings. The number of aromatic nitrogens is 1. The summed E-state index contributed by atoms with van der Waals surface area (Å²) < 4.78 is 0. The zero-order valence-electron chi connectivity index (χ0n) is 11.2. The van der Waals surface area contributed by atoms with Crippen LogP contribution in [-0.4, -0.2) is 37.6 Å². The quantitative estimate of drug-likeness (QED) is 0.883. The van der Waals surface area contributed by atoms with Gasteiger partial charge >= 0.3 is 0 Å². The van der Waals surface area contributed by atoms with Gasteiger partial charge in [0.25, 0.3) is 0 Å². The maximum absolute atomic E-state index is 11.4. The Labute approximate surface area is 120 Å². The van der Waals surface area contributed by atoms with Crippen LogP contribution >= 0.6 is 12.4 Å². The van der Waals surface area contributed by atoms with Crippen molar-refractivity contribution >= 4 is 29.8 Å². The first kappa shape index (κ1) is 15.7. The van der Waals surface area contributed by atoms with E-state index in [2.05, 4.69) is 20.5 Å². The second kappa shape index (κ2) is 7.96. The fourth-order valence-corrected chi connectivity index (χ4v) is 2.15. The first-order valence-corrected chi connectivity index (χ1v) is 6.45. The van der Waals surface area contributed by atoms with Gasteiger partial charge in [-0.3, -0.25) is 4.79 Å². The Morgan fingerprint density at radius 3 is 2.63 bits per heavy atom. The minimum absolute atomic E-state index is 0. The van der Waals surface area contributed by atoms with E-state index in [0.717, 1.165) is 18.8 Å². The van der Waals surface area contributed by atoms with Crippen LogP contribution in [0.4, 0.5) is 11.5 Å². The van der Waals surface area contributed by atoms with Crippen LogP contribution < -0.4 is 15.5 Å². The van der Waals surface area contributed by atoms with Gasteiger partial charge < -0.3 is 15.5 Å². The predicted octanol–water partition coefficient (Wildman–Crippen LogP) is 1.65. The molecule has 6 heteroatoms. The molecule has 1 aromatic heterocycles. The summed E-state index contributed by atoms with van der Waals surface area (Å²) in [5.41, 5.74) is 1.14. The SMILES string of the molecule is CNCC(=O)Nc1ccc(N2CCCCC2)cn1.Cl. The number of nitrogens with one attached hydrogen (secondary N) is 2. The molecule has 0 aromatic carbocycles. The maximum Gasteiger partial charge on any atom is 0.239 e. The molecule has 0 aliphatic carbocycles. The van der Waals surface area contributed by atoms with Gasteiger partial charge in [-0.25, -0.2) is 4.98 Å². The number of carbonyl (C=O) groups is 1. The van der Waals surface area contributed by atoms with Crippen LogP contribution in [0.5, 0.6) is 0 Å². The van der Waals surface area contributed by atoms with Gasteiger partial charge in [0, 0.05) is 13.1 Å². The third kappa shape index (κ3) is 4.69. The third-order valence-corrected chi connectivity index (χ3v) is 3.07. The van der Waals surface area contributed by atoms with Crippen molar-refractivity contribution in [2.24, 2.45) is 0 Å². The predicted molar refractivity (Wildman–Crippen MR) is 80.1 cm³/mol. The van der Waals surface area contributed by atoms with E-state index in [1.54, 1.807) is 7.05 Å². The lowest BCUT2D eigenvalue weighted by Gasteiger charge is -2.28. The number of piperidine rings is 1. The first-order valence-electron chi connectivity index (χ1n) is 6.45. The van der Waals surface area contributed by atoms with Crippen molar-refractivity contribution in [3.05, 3.63) is 18.3 Å². The number of amides is 1. The van der Waals surface area contributed by atoms with Crippen molar-refractivity contribution in [3.63, 3.8) is 0 Å². The highest BCUT2D eigenvalue weighted by Crippen LogP contribution is 2.19. The van der Waals surface area contributed by atoms with Crippen LogP contribution in [0.1, 0.15) is 19.3 Å². The molecule has 2 N–H and O–H groups in total. The zero-order valence-corrected chi connectivity index (χ0v) is 12.0. The molecule has 0 saturated carbocycles. The lowest BCUT2D eigenvalue weighted by molar-refractivity contribution is -0.115. The molecule has 106 valence electrons. The van der Waals surface area contributed by atoms with Crippen molar-refractivity contribution in [2.75, 3.05) is 36.9 Å². The second-order valence-electron chi connectivity index (χ2n) is 4.53. The van der Waals surface area contributed by atoms with Crippen LogP contribution in [0.3, 0.4) is 0 Å². The normalized spacial score (nSPS) is 14.7. The van der Waals surface area contributed by atoms with Crippen LogP contribution in [0.2, 0.25) is 0 Å². The molecule has 0 radical (unpaired) electrons. The summed E-state index contributed by atoms with van der Waals surface area (Å²) in [4.78, 5) is 18.0. The van der Waals surface area contributed by atoms with E-state index in [0.29, 0.717) is 12.4 Å². The molecule has 0 spiro atoms. The molecule has 0 unspecified atom stereocenters. The number of anilines is 2. The van der Waals surface area contributed by atoms with Gasteiger partial charge in [0.15, 0.2) is 0 Å². The lowest BCUT2D eigenvalue weighted by atomic mass is 10.1. The van der Waals surface area contributed by atoms with E-state index >= 15 is 0 Å². The monoisotopic (exact) mass is 284 g/mol. The summed E-state index contributed by atoms with van der Waals surface area (Å²) in [5.74, 6) is 0.534. The molecule has 1 aromatic rings. The molecule has 1 aliphatic rings. The second-order valence-corrected chi connectivity index (χ2v) is 4.53. The molecular weight excluding hydrogens is 264 g/mol. The highest BCUT2D eigenvalue weighted by Gasteiger charge is 2.11. The fourth-order valence-electron chi connectivity index (χ4n) is 2.15. The van der Waals surface area contributed by atoms with Crippen molar-refractivity contribution in [1.82, 2.24) is 10.3 Å². The van der Waals surface area contributed by atoms with Crippen molar-refractivity contribution in [3.8, 4) is 0 Å². The standard InChI is InChI=1S/C13H20N4O.ClH/c1-14-10-13(18)16-12-6-5-11(9-15-12)17-7-3-2-4-8-17;/h5-6,9,14H,2-4,7-8,10H2,1H3,(H,15,16,18);1H. The minimum Gasteiger partial charge on any atom is -0.370 e. The Kier molecular flexibility index (Phi) is 6.59. The summed E-state index contributed by atoms with van der Waals surface area (Å²) in [6.07, 6.45) is 5.66. The smallest absolute Gasteiger partial charge is 0.239 e. The van der Waals surface area contributed by atoms with Crippen LogP contribution in [0.15, 0.2) is 18.3 Å². The fraction of sp³-hybridized carbons (Fsp3) is 0.538. The molecule has 19 heavy (non-hydrogen) atoms. The lowest BCUT2D eigenvalue weighted by Crippen LogP contribution is -2.29. The highest BCUT2D eigenvalue weighted by atomic mass is 35.5. The summed E-state index contributed by atoms with van der Waals surface area (Å²) in [6, 6.07) is 3.88. The van der Waals surface area contributed by atoms with E-state index in [1.165, 1.54) is 19.3 Å². The Bertz CT molecular complexity index is 390. The van der Waals surface area contributed by atoms with Crippen molar-refractivity contribution in [2.45, 2.75) is 19.3 Å². The van der Waals surface area contributed by atoms with Crippen molar-refractivity contribution < 1.29 is 4.79 Å². The summed E-state index contributed by atoms with van der Waals surface area (Å²) in [5, 5.41) is 5.54. The van der Waals surface area contributed by atoms with E-state index in [9.17, 15) is 4.79 Å². The Morgan fingerprint density at radius 2 is 2.05 bits per heavy atom. The molecule has 1 aliphatic heterocycles. The van der Waals surface area contributed by atoms with Crippen LogP contribution in [-0.2, 0) is 4.79 Å². The van der Waals surface area contributed by atoms with Crippen LogP contribution in [0, 0.1) is 0 Å². The Hall–Kier alpha value is -1.33. The topological polar surface area (TPSA) is 57.3 Å². The van der Waals surface area contributed by atoms with Crippen molar-refractivity contribution in [1.29, 1.82) is 0 Å². The van der Waals surface area contributed by atoms with Gasteiger partial charge in [-0.15, -0.1) is 12.4 Å². The number of carbonyl (C=O) groups excluding carboxylic acids is 1. The first-order chi connectivity index (χ1) is 8.79. The van der Waals surface area contributed by atoms with Gasteiger partial charge in [0.2, 0.25) is 5.91 Å². The molecule has 0 bridgehead atoms. The number of pyridine rings is 1. The highest BCUT2D eigenvalue weighted by molar-refractivity contribution is 5.91. The number of likely N-dealkylation sites (N-methyl/N-ethyl adjacent to an activating group) is 1. The number of hydrogen-bond acceptors (Lipinski definition) is 4. The van der Waals surface area contributed by atoms with E-state index in [4.69, 9.17) is 0 Å². The molecule has 1 saturated heterocycles. The molecular formula is C13H21ClN4O. The zero-order chi connectivity index (χ0) is 12.8. The third-order valence-electron chi connectivity index (χ3n) is 3.07. The maximum atomic E-state index is 11.4. The number of hydrogen-bond donors (Lipinski definition) is 2. The van der Waals surface area contributed by atoms with Gasteiger partial charge in [0.1, 0.15) is 5.82 Å². The molecule has 2 heterocycles. The average Bonchev–Trinajstić information content (AvgIpc) is 2.41. The van der Waals surface area contributed by atoms with E-state index in [-0.39, 0.29) is 18.3 Å². The Morgan fingerprint density at radius 1 is 1.32 bits per heavy atom. The van der Waals surface area contributed by atoms with Gasteiger partial charge in [0.05, 0.1) is 18.4 Å². The summed E-state index contributed by atoms with van der Waals surface area (Å²) in [6.45, 7) is 2.51. The van der Waals surface area contributed by atoms with E-state index in [1.807, 2.05) is 18.3 Å². The number of rotatable bonds is 4. The summed E-state index contributed by atoms with van der Waals surface area (Å²) in [7, 11) is 1.74. The Balaban J connectivity index is 0.00000180. The molecule has 2 rings (SSSR count). The van der Waals surface area contributed by atoms with Crippen LogP contribution in [0.25, 0.3) is 0 Å². The number of halogens is 1. The van der Waals surface area contributed by atoms with E-state index < -0.39 is 0 Å². The van der Waals surface area contributed by atoms with Gasteiger partial charge in [-0.05, 0) is 38.4 Å². The average molecular weight is 285 g/mol. The molecule has 0 atom stereocenters. The molecule has 1 amide bonds. The minimum atomic E-state index is -0.0734. The van der Waals surface area contributed by atoms with Gasteiger partial charge in [-0.2, -0.15) is 0 Å². The largest absolute Gasteiger partial charge is 0.370 e. The molecule has 5 nitrogen and oxygen atoms in total. The number of nitrogens with zero attached hydrogens (tertiary/aromatic N) is 2. The summed E-state index contributed by atoms with van der Waals surface area (Å²) >= 11 is 0.